The first-order valence-electron chi connectivity index (χ1n) is 8.05. The first-order valence-corrected chi connectivity index (χ1v) is 9.91. The highest BCUT2D eigenvalue weighted by atomic mass is 35.5. The molecule has 0 atom stereocenters. The van der Waals surface area contributed by atoms with Gasteiger partial charge in [0.25, 0.3) is 21.5 Å². The molecule has 1 heterocycles. The Labute approximate surface area is 165 Å². The first kappa shape index (κ1) is 19.7. The molecule has 1 aromatic heterocycles. The van der Waals surface area contributed by atoms with Gasteiger partial charge < -0.3 is 0 Å². The third kappa shape index (κ3) is 4.83. The number of hydrogen-bond donors (Lipinski definition) is 2. The Bertz CT molecular complexity index is 1150. The maximum atomic E-state index is 12.1. The van der Waals surface area contributed by atoms with Crippen molar-refractivity contribution in [3.63, 3.8) is 0 Å². The summed E-state index contributed by atoms with van der Waals surface area (Å²) in [6.45, 7) is -0.461. The number of benzene rings is 2. The smallest absolute Gasteiger partial charge is 0.267 e. The van der Waals surface area contributed by atoms with Crippen molar-refractivity contribution >= 4 is 27.5 Å². The fourth-order valence-electron chi connectivity index (χ4n) is 2.30. The Morgan fingerprint density at radius 3 is 2.36 bits per heavy atom. The average Bonchev–Trinajstić information content (AvgIpc) is 2.69. The average molecular weight is 419 g/mol. The largest absolute Gasteiger partial charge is 0.276 e. The number of carbonyl (C=O) groups excluding carboxylic acids is 1. The second-order valence-corrected chi connectivity index (χ2v) is 7.81. The van der Waals surface area contributed by atoms with Gasteiger partial charge in [0, 0.05) is 16.7 Å². The number of aromatic nitrogens is 2. The number of hydrogen-bond acceptors (Lipinski definition) is 5. The lowest BCUT2D eigenvalue weighted by Gasteiger charge is -2.10. The van der Waals surface area contributed by atoms with E-state index in [1.54, 1.807) is 42.5 Å². The lowest BCUT2D eigenvalue weighted by molar-refractivity contribution is -0.122. The number of rotatable bonds is 6. The molecule has 0 bridgehead atoms. The molecule has 3 rings (SSSR count). The van der Waals surface area contributed by atoms with Gasteiger partial charge in [0.1, 0.15) is 6.54 Å². The molecule has 0 unspecified atom stereocenters. The molecule has 3 aromatic rings. The number of halogens is 1. The fraction of sp³-hybridized carbons (Fsp3) is 0.0556. The summed E-state index contributed by atoms with van der Waals surface area (Å²) in [5, 5.41) is 4.70. The second kappa shape index (κ2) is 8.34. The van der Waals surface area contributed by atoms with E-state index in [0.29, 0.717) is 16.3 Å². The molecule has 0 fully saturated rings. The van der Waals surface area contributed by atoms with Crippen LogP contribution < -0.4 is 15.8 Å². The summed E-state index contributed by atoms with van der Waals surface area (Å²) in [6.07, 6.45) is 0. The topological polar surface area (TPSA) is 110 Å². The molecule has 10 heteroatoms. The van der Waals surface area contributed by atoms with E-state index in [1.807, 2.05) is 4.83 Å². The molecule has 2 aromatic carbocycles. The van der Waals surface area contributed by atoms with Crippen molar-refractivity contribution in [2.45, 2.75) is 11.4 Å². The van der Waals surface area contributed by atoms with Gasteiger partial charge in [0.15, 0.2) is 0 Å². The Kier molecular flexibility index (Phi) is 5.88. The van der Waals surface area contributed by atoms with Crippen LogP contribution in [0.2, 0.25) is 5.02 Å². The van der Waals surface area contributed by atoms with E-state index in [4.69, 9.17) is 11.6 Å². The van der Waals surface area contributed by atoms with E-state index in [-0.39, 0.29) is 4.90 Å². The molecular weight excluding hydrogens is 404 g/mol. The molecule has 0 aliphatic heterocycles. The van der Waals surface area contributed by atoms with Crippen molar-refractivity contribution in [2.24, 2.45) is 0 Å². The number of carbonyl (C=O) groups is 1. The highest BCUT2D eigenvalue weighted by Gasteiger charge is 2.15. The summed E-state index contributed by atoms with van der Waals surface area (Å²) >= 11 is 5.86. The maximum absolute atomic E-state index is 12.1. The van der Waals surface area contributed by atoms with E-state index in [0.717, 1.165) is 4.68 Å². The van der Waals surface area contributed by atoms with Crippen LogP contribution in [0.15, 0.2) is 76.4 Å². The van der Waals surface area contributed by atoms with Gasteiger partial charge >= 0.3 is 0 Å². The van der Waals surface area contributed by atoms with Crippen molar-refractivity contribution < 1.29 is 13.2 Å². The van der Waals surface area contributed by atoms with Gasteiger partial charge in [-0.15, -0.1) is 4.83 Å². The van der Waals surface area contributed by atoms with Crippen molar-refractivity contribution in [2.75, 3.05) is 0 Å². The van der Waals surface area contributed by atoms with Crippen LogP contribution in [0.3, 0.4) is 0 Å². The van der Waals surface area contributed by atoms with Crippen molar-refractivity contribution in [1.29, 1.82) is 0 Å². The van der Waals surface area contributed by atoms with E-state index >= 15 is 0 Å². The van der Waals surface area contributed by atoms with Crippen LogP contribution in [0.1, 0.15) is 0 Å². The molecule has 28 heavy (non-hydrogen) atoms. The zero-order valence-electron chi connectivity index (χ0n) is 14.4. The zero-order valence-corrected chi connectivity index (χ0v) is 15.9. The van der Waals surface area contributed by atoms with Crippen LogP contribution >= 0.6 is 11.6 Å². The van der Waals surface area contributed by atoms with Crippen LogP contribution in [0, 0.1) is 0 Å². The summed E-state index contributed by atoms with van der Waals surface area (Å²) in [6, 6.07) is 17.2. The second-order valence-electron chi connectivity index (χ2n) is 5.69. The lowest BCUT2D eigenvalue weighted by atomic mass is 10.1. The minimum absolute atomic E-state index is 0.00433. The molecule has 2 N–H and O–H groups in total. The molecule has 0 saturated carbocycles. The van der Waals surface area contributed by atoms with Crippen molar-refractivity contribution in [3.8, 4) is 11.3 Å². The van der Waals surface area contributed by atoms with E-state index in [1.165, 1.54) is 24.3 Å². The highest BCUT2D eigenvalue weighted by molar-refractivity contribution is 7.89. The standard InChI is InChI=1S/C18H15ClN4O4S/c19-14-8-6-13(7-9-14)16-10-11-18(25)23(21-16)12-17(24)20-22-28(26,27)15-4-2-1-3-5-15/h1-11,22H,12H2,(H,20,24). The van der Waals surface area contributed by atoms with Crippen molar-refractivity contribution in [3.05, 3.63) is 82.1 Å². The summed E-state index contributed by atoms with van der Waals surface area (Å²) in [5.41, 5.74) is 2.75. The first-order chi connectivity index (χ1) is 13.3. The van der Waals surface area contributed by atoms with Crippen LogP contribution in [-0.4, -0.2) is 24.1 Å². The van der Waals surface area contributed by atoms with Gasteiger partial charge in [0.2, 0.25) is 0 Å². The lowest BCUT2D eigenvalue weighted by Crippen LogP contribution is -2.44. The normalized spacial score (nSPS) is 11.2. The molecule has 0 spiro atoms. The van der Waals surface area contributed by atoms with Crippen LogP contribution in [-0.2, 0) is 21.4 Å². The SMILES string of the molecule is O=C(Cn1nc(-c2ccc(Cl)cc2)ccc1=O)NNS(=O)(=O)c1ccccc1. The molecule has 1 amide bonds. The monoisotopic (exact) mass is 418 g/mol. The molecular formula is C18H15ClN4O4S. The van der Waals surface area contributed by atoms with E-state index in [9.17, 15) is 18.0 Å². The summed E-state index contributed by atoms with van der Waals surface area (Å²) in [4.78, 5) is 26.0. The van der Waals surface area contributed by atoms with Crippen molar-refractivity contribution in [1.82, 2.24) is 20.0 Å². The third-order valence-electron chi connectivity index (χ3n) is 3.68. The Hall–Kier alpha value is -3.01. The van der Waals surface area contributed by atoms with Gasteiger partial charge in [-0.2, -0.15) is 5.10 Å². The predicted octanol–water partition coefficient (Wildman–Crippen LogP) is 1.57. The Balaban J connectivity index is 1.71. The minimum atomic E-state index is -3.92. The number of sulfonamides is 1. The molecule has 0 aliphatic rings. The van der Waals surface area contributed by atoms with Crippen LogP contribution in [0.5, 0.6) is 0 Å². The number of hydrazine groups is 1. The Morgan fingerprint density at radius 1 is 1.00 bits per heavy atom. The summed E-state index contributed by atoms with van der Waals surface area (Å²) in [5.74, 6) is -0.748. The summed E-state index contributed by atoms with van der Waals surface area (Å²) < 4.78 is 25.1. The third-order valence-corrected chi connectivity index (χ3v) is 5.19. The highest BCUT2D eigenvalue weighted by Crippen LogP contribution is 2.18. The van der Waals surface area contributed by atoms with Gasteiger partial charge in [0.05, 0.1) is 10.6 Å². The number of amides is 1. The molecule has 8 nitrogen and oxygen atoms in total. The van der Waals surface area contributed by atoms with Crippen LogP contribution in [0.4, 0.5) is 0 Å². The van der Waals surface area contributed by atoms with Gasteiger partial charge in [-0.1, -0.05) is 41.9 Å². The minimum Gasteiger partial charge on any atom is -0.276 e. The van der Waals surface area contributed by atoms with E-state index < -0.39 is 28.0 Å². The van der Waals surface area contributed by atoms with E-state index in [2.05, 4.69) is 10.5 Å². The Morgan fingerprint density at radius 2 is 1.68 bits per heavy atom. The van der Waals surface area contributed by atoms with Gasteiger partial charge in [-0.05, 0) is 30.3 Å². The molecule has 0 aliphatic carbocycles. The predicted molar refractivity (Wildman–Crippen MR) is 104 cm³/mol. The van der Waals surface area contributed by atoms with Crippen LogP contribution in [0.25, 0.3) is 11.3 Å². The summed E-state index contributed by atoms with van der Waals surface area (Å²) in [7, 11) is -3.92. The van der Waals surface area contributed by atoms with Gasteiger partial charge in [-0.3, -0.25) is 15.0 Å². The molecule has 0 saturated heterocycles. The maximum Gasteiger partial charge on any atom is 0.267 e. The molecule has 144 valence electrons. The number of nitrogens with one attached hydrogen (secondary N) is 2. The quantitative estimate of drug-likeness (QED) is 0.590. The fourth-order valence-corrected chi connectivity index (χ4v) is 3.30. The number of nitrogens with zero attached hydrogens (tertiary/aromatic N) is 2. The molecule has 0 radical (unpaired) electrons. The van der Waals surface area contributed by atoms with Gasteiger partial charge in [-0.25, -0.2) is 13.1 Å². The zero-order chi connectivity index (χ0) is 20.1.